The van der Waals surface area contributed by atoms with Crippen LogP contribution in [0.1, 0.15) is 20.3 Å². The molecule has 0 spiro atoms. The molecule has 0 saturated carbocycles. The van der Waals surface area contributed by atoms with Crippen molar-refractivity contribution in [2.24, 2.45) is 0 Å². The zero-order valence-corrected chi connectivity index (χ0v) is 13.6. The van der Waals surface area contributed by atoms with Gasteiger partial charge in [-0.3, -0.25) is 4.79 Å². The third-order valence-corrected chi connectivity index (χ3v) is 3.87. The summed E-state index contributed by atoms with van der Waals surface area (Å²) in [6, 6.07) is 7.34. The molecule has 7 heteroatoms. The summed E-state index contributed by atoms with van der Waals surface area (Å²) in [5.41, 5.74) is 0.809. The molecule has 0 bridgehead atoms. The van der Waals surface area contributed by atoms with Crippen LogP contribution in [0.3, 0.4) is 0 Å². The van der Waals surface area contributed by atoms with E-state index in [1.54, 1.807) is 7.11 Å². The molecule has 0 aliphatic carbocycles. The van der Waals surface area contributed by atoms with Crippen LogP contribution in [0.25, 0.3) is 11.5 Å². The van der Waals surface area contributed by atoms with Crippen LogP contribution in [-0.4, -0.2) is 35.0 Å². The summed E-state index contributed by atoms with van der Waals surface area (Å²) in [6.45, 7) is 4.49. The Balaban J connectivity index is 2.00. The van der Waals surface area contributed by atoms with Gasteiger partial charge in [0, 0.05) is 12.1 Å². The Hall–Kier alpha value is -2.02. The summed E-state index contributed by atoms with van der Waals surface area (Å²) in [5, 5.41) is 10.9. The third kappa shape index (κ3) is 4.24. The molecule has 1 N–H and O–H groups in total. The van der Waals surface area contributed by atoms with Gasteiger partial charge in [0.2, 0.25) is 11.8 Å². The first-order valence-electron chi connectivity index (χ1n) is 7.06. The summed E-state index contributed by atoms with van der Waals surface area (Å²) >= 11 is 1.25. The average molecular weight is 321 g/mol. The molecule has 0 saturated heterocycles. The van der Waals surface area contributed by atoms with Gasteiger partial charge in [0.05, 0.1) is 12.4 Å². The van der Waals surface area contributed by atoms with Gasteiger partial charge in [-0.25, -0.2) is 0 Å². The number of rotatable bonds is 7. The predicted octanol–water partition coefficient (Wildman–Crippen LogP) is 2.75. The molecule has 1 atom stereocenters. The molecule has 22 heavy (non-hydrogen) atoms. The minimum Gasteiger partial charge on any atom is -0.497 e. The van der Waals surface area contributed by atoms with Crippen molar-refractivity contribution in [1.29, 1.82) is 0 Å². The van der Waals surface area contributed by atoms with Crippen LogP contribution in [0.4, 0.5) is 0 Å². The SMILES string of the molecule is CCCNC(=O)[C@@H](C)Sc1nnc(-c2ccc(OC)cc2)o1. The Kier molecular flexibility index (Phi) is 5.83. The van der Waals surface area contributed by atoms with Crippen molar-refractivity contribution in [1.82, 2.24) is 15.5 Å². The van der Waals surface area contributed by atoms with Crippen molar-refractivity contribution < 1.29 is 13.9 Å². The van der Waals surface area contributed by atoms with Crippen molar-refractivity contribution >= 4 is 17.7 Å². The molecule has 0 fully saturated rings. The molecule has 118 valence electrons. The van der Waals surface area contributed by atoms with Gasteiger partial charge < -0.3 is 14.5 Å². The highest BCUT2D eigenvalue weighted by molar-refractivity contribution is 8.00. The highest BCUT2D eigenvalue weighted by atomic mass is 32.2. The van der Waals surface area contributed by atoms with Crippen molar-refractivity contribution in [3.8, 4) is 17.2 Å². The predicted molar refractivity (Wildman–Crippen MR) is 84.9 cm³/mol. The van der Waals surface area contributed by atoms with Crippen LogP contribution < -0.4 is 10.1 Å². The van der Waals surface area contributed by atoms with E-state index in [0.29, 0.717) is 17.7 Å². The van der Waals surface area contributed by atoms with E-state index in [0.717, 1.165) is 17.7 Å². The van der Waals surface area contributed by atoms with Crippen molar-refractivity contribution in [3.63, 3.8) is 0 Å². The Morgan fingerprint density at radius 1 is 1.36 bits per heavy atom. The zero-order valence-electron chi connectivity index (χ0n) is 12.8. The van der Waals surface area contributed by atoms with Gasteiger partial charge in [-0.2, -0.15) is 0 Å². The Bertz CT molecular complexity index is 613. The molecule has 2 aromatic rings. The van der Waals surface area contributed by atoms with Crippen molar-refractivity contribution in [2.45, 2.75) is 30.7 Å². The van der Waals surface area contributed by atoms with Gasteiger partial charge in [-0.15, -0.1) is 10.2 Å². The van der Waals surface area contributed by atoms with E-state index in [4.69, 9.17) is 9.15 Å². The highest BCUT2D eigenvalue weighted by Gasteiger charge is 2.18. The number of nitrogens with one attached hydrogen (secondary N) is 1. The van der Waals surface area contributed by atoms with E-state index in [-0.39, 0.29) is 11.2 Å². The maximum Gasteiger partial charge on any atom is 0.277 e. The number of nitrogens with zero attached hydrogens (tertiary/aromatic N) is 2. The van der Waals surface area contributed by atoms with Gasteiger partial charge in [0.25, 0.3) is 5.22 Å². The van der Waals surface area contributed by atoms with Gasteiger partial charge in [-0.1, -0.05) is 18.7 Å². The topological polar surface area (TPSA) is 77.2 Å². The van der Waals surface area contributed by atoms with Crippen LogP contribution in [0, 0.1) is 0 Å². The molecule has 0 aliphatic rings. The fraction of sp³-hybridized carbons (Fsp3) is 0.400. The van der Waals surface area contributed by atoms with E-state index in [1.165, 1.54) is 11.8 Å². The van der Waals surface area contributed by atoms with Gasteiger partial charge in [0.1, 0.15) is 5.75 Å². The first-order chi connectivity index (χ1) is 10.6. The smallest absolute Gasteiger partial charge is 0.277 e. The van der Waals surface area contributed by atoms with E-state index >= 15 is 0 Å². The number of benzene rings is 1. The van der Waals surface area contributed by atoms with Crippen molar-refractivity contribution in [3.05, 3.63) is 24.3 Å². The zero-order chi connectivity index (χ0) is 15.9. The normalized spacial score (nSPS) is 12.0. The van der Waals surface area contributed by atoms with Gasteiger partial charge >= 0.3 is 0 Å². The molecule has 1 aromatic carbocycles. The molecule has 0 unspecified atom stereocenters. The van der Waals surface area contributed by atoms with Crippen LogP contribution >= 0.6 is 11.8 Å². The Labute approximate surface area is 133 Å². The third-order valence-electron chi connectivity index (χ3n) is 2.94. The standard InChI is InChI=1S/C15H19N3O3S/c1-4-9-16-13(19)10(2)22-15-18-17-14(21-15)11-5-7-12(20-3)8-6-11/h5-8,10H,4,9H2,1-3H3,(H,16,19)/t10-/m1/s1. The van der Waals surface area contributed by atoms with Crippen molar-refractivity contribution in [2.75, 3.05) is 13.7 Å². The molecule has 6 nitrogen and oxygen atoms in total. The number of methoxy groups -OCH3 is 1. The largest absolute Gasteiger partial charge is 0.497 e. The fourth-order valence-corrected chi connectivity index (χ4v) is 2.41. The van der Waals surface area contributed by atoms with Gasteiger partial charge in [-0.05, 0) is 37.6 Å². The number of hydrogen-bond acceptors (Lipinski definition) is 6. The average Bonchev–Trinajstić information content (AvgIpc) is 3.01. The summed E-state index contributed by atoms with van der Waals surface area (Å²) in [7, 11) is 1.61. The number of carbonyl (C=O) groups is 1. The van der Waals surface area contributed by atoms with E-state index in [1.807, 2.05) is 38.1 Å². The van der Waals surface area contributed by atoms with Crippen LogP contribution in [0.15, 0.2) is 33.9 Å². The van der Waals surface area contributed by atoms with E-state index in [2.05, 4.69) is 15.5 Å². The van der Waals surface area contributed by atoms with Crippen LogP contribution in [-0.2, 0) is 4.79 Å². The van der Waals surface area contributed by atoms with Crippen LogP contribution in [0.5, 0.6) is 5.75 Å². The maximum atomic E-state index is 11.8. The van der Waals surface area contributed by atoms with E-state index in [9.17, 15) is 4.79 Å². The summed E-state index contributed by atoms with van der Waals surface area (Å²) < 4.78 is 10.7. The molecule has 1 aromatic heterocycles. The monoisotopic (exact) mass is 321 g/mol. The Morgan fingerprint density at radius 3 is 2.73 bits per heavy atom. The lowest BCUT2D eigenvalue weighted by Gasteiger charge is -2.08. The molecule has 0 aliphatic heterocycles. The molecule has 1 amide bonds. The van der Waals surface area contributed by atoms with E-state index < -0.39 is 0 Å². The lowest BCUT2D eigenvalue weighted by atomic mass is 10.2. The Morgan fingerprint density at radius 2 is 2.09 bits per heavy atom. The van der Waals surface area contributed by atoms with Crippen LogP contribution in [0.2, 0.25) is 0 Å². The second-order valence-electron chi connectivity index (χ2n) is 4.65. The second kappa shape index (κ2) is 7.84. The van der Waals surface area contributed by atoms with Gasteiger partial charge in [0.15, 0.2) is 0 Å². The highest BCUT2D eigenvalue weighted by Crippen LogP contribution is 2.27. The molecular formula is C15H19N3O3S. The molecule has 0 radical (unpaired) electrons. The minimum atomic E-state index is -0.282. The summed E-state index contributed by atoms with van der Waals surface area (Å²) in [5.74, 6) is 1.15. The maximum absolute atomic E-state index is 11.8. The molecular weight excluding hydrogens is 302 g/mol. The minimum absolute atomic E-state index is 0.0314. The first kappa shape index (κ1) is 16.4. The number of ether oxygens (including phenoxy) is 1. The summed E-state index contributed by atoms with van der Waals surface area (Å²) in [6.07, 6.45) is 0.908. The number of aromatic nitrogens is 2. The second-order valence-corrected chi connectivity index (χ2v) is 5.94. The molecule has 2 rings (SSSR count). The molecule has 1 heterocycles. The first-order valence-corrected chi connectivity index (χ1v) is 7.94. The number of carbonyl (C=O) groups excluding carboxylic acids is 1. The summed E-state index contributed by atoms with van der Waals surface area (Å²) in [4.78, 5) is 11.8. The quantitative estimate of drug-likeness (QED) is 0.790. The fourth-order valence-electron chi connectivity index (χ4n) is 1.70. The lowest BCUT2D eigenvalue weighted by Crippen LogP contribution is -2.31. The number of hydrogen-bond donors (Lipinski definition) is 1. The number of amides is 1. The lowest BCUT2D eigenvalue weighted by molar-refractivity contribution is -0.120. The number of thioether (sulfide) groups is 1.